The number of pyridine rings is 1. The van der Waals surface area contributed by atoms with E-state index < -0.39 is 0 Å². The van der Waals surface area contributed by atoms with E-state index >= 15 is 0 Å². The predicted octanol–water partition coefficient (Wildman–Crippen LogP) is 2.61. The Kier molecular flexibility index (Phi) is 5.73. The normalized spacial score (nSPS) is 19.9. The molecular formula is C24H31N5O3. The Bertz CT molecular complexity index is 1200. The summed E-state index contributed by atoms with van der Waals surface area (Å²) in [5.41, 5.74) is 3.01. The van der Waals surface area contributed by atoms with Crippen LogP contribution in [0, 0.1) is 12.8 Å². The van der Waals surface area contributed by atoms with Crippen LogP contribution in [-0.4, -0.2) is 65.0 Å². The number of aromatic amines is 1. The van der Waals surface area contributed by atoms with Crippen molar-refractivity contribution >= 4 is 27.7 Å². The summed E-state index contributed by atoms with van der Waals surface area (Å²) < 4.78 is 7.54. The number of aryl methyl sites for hydroxylation is 1. The van der Waals surface area contributed by atoms with Crippen LogP contribution in [0.25, 0.3) is 21.8 Å². The topological polar surface area (TPSA) is 92.2 Å². The van der Waals surface area contributed by atoms with E-state index in [1.165, 1.54) is 0 Å². The summed E-state index contributed by atoms with van der Waals surface area (Å²) in [5.74, 6) is 0.586. The van der Waals surface area contributed by atoms with E-state index in [-0.39, 0.29) is 17.5 Å². The fourth-order valence-corrected chi connectivity index (χ4v) is 5.11. The van der Waals surface area contributed by atoms with Gasteiger partial charge in [-0.2, -0.15) is 5.10 Å². The first-order valence-corrected chi connectivity index (χ1v) is 11.7. The largest absolute Gasteiger partial charge is 0.381 e. The number of benzene rings is 1. The molecule has 2 aromatic heterocycles. The molecule has 5 rings (SSSR count). The van der Waals surface area contributed by atoms with Crippen molar-refractivity contribution in [1.29, 1.82) is 0 Å². The second-order valence-corrected chi connectivity index (χ2v) is 9.06. The molecule has 2 aliphatic heterocycles. The Morgan fingerprint density at radius 1 is 1.22 bits per heavy atom. The molecule has 8 nitrogen and oxygen atoms in total. The zero-order valence-corrected chi connectivity index (χ0v) is 18.8. The molecule has 170 valence electrons. The molecule has 1 amide bonds. The van der Waals surface area contributed by atoms with Crippen LogP contribution in [0.3, 0.4) is 0 Å². The van der Waals surface area contributed by atoms with Crippen molar-refractivity contribution in [3.05, 3.63) is 39.8 Å². The molecule has 2 fully saturated rings. The third-order valence-corrected chi connectivity index (χ3v) is 6.98. The van der Waals surface area contributed by atoms with Crippen LogP contribution in [-0.2, 0) is 4.74 Å². The Morgan fingerprint density at radius 3 is 2.75 bits per heavy atom. The number of piperidine rings is 1. The van der Waals surface area contributed by atoms with Gasteiger partial charge in [-0.25, -0.2) is 0 Å². The molecule has 3 aromatic rings. The Balaban J connectivity index is 1.52. The minimum absolute atomic E-state index is 0.0622. The lowest BCUT2D eigenvalue weighted by Crippen LogP contribution is -2.39. The van der Waals surface area contributed by atoms with Crippen molar-refractivity contribution in [2.45, 2.75) is 39.2 Å². The van der Waals surface area contributed by atoms with E-state index in [1.807, 2.05) is 35.6 Å². The van der Waals surface area contributed by atoms with E-state index in [4.69, 9.17) is 4.74 Å². The maximum absolute atomic E-state index is 13.5. The van der Waals surface area contributed by atoms with Gasteiger partial charge in [-0.05, 0) is 63.3 Å². The van der Waals surface area contributed by atoms with Gasteiger partial charge in [0.2, 0.25) is 0 Å². The highest BCUT2D eigenvalue weighted by atomic mass is 16.5. The number of H-pyrrole nitrogens is 1. The van der Waals surface area contributed by atoms with E-state index in [0.717, 1.165) is 80.6 Å². The van der Waals surface area contributed by atoms with E-state index in [2.05, 4.69) is 15.4 Å². The van der Waals surface area contributed by atoms with Gasteiger partial charge in [0, 0.05) is 43.8 Å². The molecule has 0 spiro atoms. The summed E-state index contributed by atoms with van der Waals surface area (Å²) in [4.78, 5) is 31.1. The van der Waals surface area contributed by atoms with Crippen LogP contribution in [0.4, 0.5) is 0 Å². The molecule has 0 bridgehead atoms. The fraction of sp³-hybridized carbons (Fsp3) is 0.542. The van der Waals surface area contributed by atoms with Gasteiger partial charge >= 0.3 is 0 Å². The lowest BCUT2D eigenvalue weighted by atomic mass is 9.96. The zero-order chi connectivity index (χ0) is 22.2. The lowest BCUT2D eigenvalue weighted by molar-refractivity contribution is 0.0551. The molecule has 4 heterocycles. The van der Waals surface area contributed by atoms with Crippen LogP contribution in [0.5, 0.6) is 0 Å². The quantitative estimate of drug-likeness (QED) is 0.640. The minimum atomic E-state index is -0.139. The minimum Gasteiger partial charge on any atom is -0.381 e. The molecule has 1 atom stereocenters. The maximum atomic E-state index is 13.5. The zero-order valence-electron chi connectivity index (χ0n) is 18.8. The van der Waals surface area contributed by atoms with Gasteiger partial charge < -0.3 is 19.9 Å². The number of hydrogen-bond donors (Lipinski definition) is 2. The average Bonchev–Trinajstić information content (AvgIpc) is 3.47. The van der Waals surface area contributed by atoms with Crippen molar-refractivity contribution in [2.24, 2.45) is 5.92 Å². The summed E-state index contributed by atoms with van der Waals surface area (Å²) in [6.07, 6.45) is 4.56. The second-order valence-electron chi connectivity index (χ2n) is 9.06. The first-order valence-electron chi connectivity index (χ1n) is 11.7. The molecule has 2 saturated heterocycles. The van der Waals surface area contributed by atoms with Crippen molar-refractivity contribution in [2.75, 3.05) is 39.4 Å². The number of fused-ring (bicyclic) bond motifs is 3. The average molecular weight is 438 g/mol. The number of rotatable bonds is 5. The Morgan fingerprint density at radius 2 is 2.03 bits per heavy atom. The first-order chi connectivity index (χ1) is 15.6. The van der Waals surface area contributed by atoms with Gasteiger partial charge in [-0.1, -0.05) is 0 Å². The number of nitrogens with zero attached hydrogens (tertiary/aromatic N) is 3. The molecule has 8 heteroatoms. The lowest BCUT2D eigenvalue weighted by Gasteiger charge is -2.32. The van der Waals surface area contributed by atoms with Gasteiger partial charge in [0.15, 0.2) is 0 Å². The monoisotopic (exact) mass is 437 g/mol. The van der Waals surface area contributed by atoms with Crippen molar-refractivity contribution in [3.8, 4) is 0 Å². The number of carbonyl (C=O) groups is 1. The predicted molar refractivity (Wildman–Crippen MR) is 124 cm³/mol. The van der Waals surface area contributed by atoms with Crippen LogP contribution in [0.1, 0.15) is 48.1 Å². The molecule has 2 N–H and O–H groups in total. The van der Waals surface area contributed by atoms with Gasteiger partial charge in [-0.3, -0.25) is 14.3 Å². The third-order valence-electron chi connectivity index (χ3n) is 6.98. The van der Waals surface area contributed by atoms with Crippen LogP contribution in [0.15, 0.2) is 23.1 Å². The summed E-state index contributed by atoms with van der Waals surface area (Å²) in [6.45, 7) is 8.74. The van der Waals surface area contributed by atoms with Crippen molar-refractivity contribution in [3.63, 3.8) is 0 Å². The Hall–Kier alpha value is -2.71. The van der Waals surface area contributed by atoms with Crippen molar-refractivity contribution in [1.82, 2.24) is 25.0 Å². The summed E-state index contributed by atoms with van der Waals surface area (Å²) in [6, 6.07) is 4.09. The highest BCUT2D eigenvalue weighted by molar-refractivity contribution is 6.07. The smallest absolute Gasteiger partial charge is 0.259 e. The SMILES string of the molecule is CCOCC1CCN(C(=O)c2cc3c(cc2C)[nH]c(=O)c2cnn(C4CCNC4)c23)CC1. The number of amides is 1. The standard InChI is InChI=1S/C24H31N5O3/c1-3-32-14-16-5-8-28(9-6-16)24(31)18-11-19-21(10-15(18)2)27-23(30)20-13-26-29(22(19)20)17-4-7-25-12-17/h10-11,13,16-17,25H,3-9,12,14H2,1-2H3,(H,27,30). The summed E-state index contributed by atoms with van der Waals surface area (Å²) in [7, 11) is 0. The Labute approximate surface area is 186 Å². The summed E-state index contributed by atoms with van der Waals surface area (Å²) in [5, 5.41) is 9.38. The number of likely N-dealkylation sites (tertiary alicyclic amines) is 1. The van der Waals surface area contributed by atoms with Gasteiger partial charge in [0.25, 0.3) is 11.5 Å². The first kappa shape index (κ1) is 21.2. The number of nitrogens with one attached hydrogen (secondary N) is 2. The van der Waals surface area contributed by atoms with Crippen molar-refractivity contribution < 1.29 is 9.53 Å². The molecular weight excluding hydrogens is 406 g/mol. The molecule has 1 aromatic carbocycles. The molecule has 1 unspecified atom stereocenters. The highest BCUT2D eigenvalue weighted by Gasteiger charge is 2.26. The van der Waals surface area contributed by atoms with Gasteiger partial charge in [-0.15, -0.1) is 0 Å². The van der Waals surface area contributed by atoms with E-state index in [9.17, 15) is 9.59 Å². The fourth-order valence-electron chi connectivity index (χ4n) is 5.11. The third kappa shape index (κ3) is 3.71. The maximum Gasteiger partial charge on any atom is 0.259 e. The van der Waals surface area contributed by atoms with E-state index in [1.54, 1.807) is 6.20 Å². The van der Waals surface area contributed by atoms with Gasteiger partial charge in [0.1, 0.15) is 0 Å². The number of hydrogen-bond acceptors (Lipinski definition) is 5. The number of carbonyl (C=O) groups excluding carboxylic acids is 1. The number of aromatic nitrogens is 3. The van der Waals surface area contributed by atoms with Crippen LogP contribution < -0.4 is 10.9 Å². The molecule has 2 aliphatic rings. The number of ether oxygens (including phenoxy) is 1. The second kappa shape index (κ2) is 8.67. The van der Waals surface area contributed by atoms with Gasteiger partial charge in [0.05, 0.1) is 28.7 Å². The van der Waals surface area contributed by atoms with E-state index in [0.29, 0.717) is 16.9 Å². The highest BCUT2D eigenvalue weighted by Crippen LogP contribution is 2.29. The molecule has 0 aliphatic carbocycles. The van der Waals surface area contributed by atoms with Crippen LogP contribution >= 0.6 is 0 Å². The van der Waals surface area contributed by atoms with Crippen LogP contribution in [0.2, 0.25) is 0 Å². The molecule has 0 saturated carbocycles. The summed E-state index contributed by atoms with van der Waals surface area (Å²) >= 11 is 0. The molecule has 0 radical (unpaired) electrons. The molecule has 32 heavy (non-hydrogen) atoms.